The summed E-state index contributed by atoms with van der Waals surface area (Å²) in [7, 11) is 0. The number of carbonyl (C=O) groups excluding carboxylic acids is 1. The van der Waals surface area contributed by atoms with Gasteiger partial charge in [-0.1, -0.05) is 19.1 Å². The molecule has 0 radical (unpaired) electrons. The molecule has 2 heteroatoms. The molecule has 0 amide bonds. The molecule has 0 fully saturated rings. The van der Waals surface area contributed by atoms with E-state index in [9.17, 15) is 4.79 Å². The van der Waals surface area contributed by atoms with Gasteiger partial charge in [-0.15, -0.1) is 0 Å². The maximum absolute atomic E-state index is 10.4. The number of nitriles is 1. The summed E-state index contributed by atoms with van der Waals surface area (Å²) < 4.78 is 0. The molecular weight excluding hydrogens is 150 g/mol. The Bertz CT molecular complexity index is 308. The summed E-state index contributed by atoms with van der Waals surface area (Å²) in [6, 6.07) is 9.06. The number of nitrogens with zero attached hydrogens (tertiary/aromatic N) is 1. The van der Waals surface area contributed by atoms with Crippen LogP contribution in [0.5, 0.6) is 0 Å². The molecule has 0 aliphatic heterocycles. The molecule has 12 heavy (non-hydrogen) atoms. The lowest BCUT2D eigenvalue weighted by molar-refractivity contribution is -0.108. The van der Waals surface area contributed by atoms with Crippen molar-refractivity contribution in [1.82, 2.24) is 0 Å². The molecular formula is C10H9NO. The number of hydrogen-bond donors (Lipinski definition) is 0. The van der Waals surface area contributed by atoms with E-state index in [1.807, 2.05) is 13.0 Å². The van der Waals surface area contributed by atoms with E-state index >= 15 is 0 Å². The first-order chi connectivity index (χ1) is 5.77. The van der Waals surface area contributed by atoms with Gasteiger partial charge in [-0.05, 0) is 17.7 Å². The van der Waals surface area contributed by atoms with Crippen molar-refractivity contribution in [3.63, 3.8) is 0 Å². The Morgan fingerprint density at radius 1 is 1.42 bits per heavy atom. The van der Waals surface area contributed by atoms with Crippen LogP contribution in [0.15, 0.2) is 24.3 Å². The normalized spacial score (nSPS) is 11.7. The summed E-state index contributed by atoms with van der Waals surface area (Å²) in [6.45, 7) is 1.83. The summed E-state index contributed by atoms with van der Waals surface area (Å²) in [5, 5.41) is 8.50. The molecule has 60 valence electrons. The van der Waals surface area contributed by atoms with E-state index < -0.39 is 0 Å². The lowest BCUT2D eigenvalue weighted by atomic mass is 10.0. The molecule has 0 N–H and O–H groups in total. The second-order valence-corrected chi connectivity index (χ2v) is 2.66. The maximum atomic E-state index is 10.4. The predicted octanol–water partition coefficient (Wildman–Crippen LogP) is 1.86. The highest BCUT2D eigenvalue weighted by Crippen LogP contribution is 2.12. The van der Waals surface area contributed by atoms with E-state index in [4.69, 9.17) is 5.26 Å². The zero-order chi connectivity index (χ0) is 8.97. The van der Waals surface area contributed by atoms with Crippen LogP contribution in [-0.2, 0) is 4.79 Å². The van der Waals surface area contributed by atoms with Crippen molar-refractivity contribution < 1.29 is 4.79 Å². The highest BCUT2D eigenvalue weighted by Gasteiger charge is 2.01. The van der Waals surface area contributed by atoms with Crippen LogP contribution in [0.25, 0.3) is 0 Å². The molecule has 1 aromatic carbocycles. The molecule has 0 bridgehead atoms. The first-order valence-corrected chi connectivity index (χ1v) is 3.73. The van der Waals surface area contributed by atoms with Gasteiger partial charge in [0.15, 0.2) is 0 Å². The van der Waals surface area contributed by atoms with Crippen molar-refractivity contribution in [2.75, 3.05) is 0 Å². The van der Waals surface area contributed by atoms with Crippen LogP contribution in [-0.4, -0.2) is 6.29 Å². The quantitative estimate of drug-likeness (QED) is 0.618. The highest BCUT2D eigenvalue weighted by atomic mass is 16.1. The molecule has 1 unspecified atom stereocenters. The van der Waals surface area contributed by atoms with Crippen LogP contribution in [0.1, 0.15) is 24.0 Å². The van der Waals surface area contributed by atoms with Gasteiger partial charge < -0.3 is 4.79 Å². The van der Waals surface area contributed by atoms with Gasteiger partial charge in [0, 0.05) is 5.92 Å². The van der Waals surface area contributed by atoms with Gasteiger partial charge in [0.2, 0.25) is 0 Å². The first kappa shape index (κ1) is 8.48. The third kappa shape index (κ3) is 1.70. The summed E-state index contributed by atoms with van der Waals surface area (Å²) in [6.07, 6.45) is 0.890. The minimum Gasteiger partial charge on any atom is -0.303 e. The Morgan fingerprint density at radius 3 is 2.42 bits per heavy atom. The smallest absolute Gasteiger partial charge is 0.127 e. The zero-order valence-electron chi connectivity index (χ0n) is 6.82. The summed E-state index contributed by atoms with van der Waals surface area (Å²) in [5.41, 5.74) is 1.57. The van der Waals surface area contributed by atoms with E-state index in [1.54, 1.807) is 24.3 Å². The van der Waals surface area contributed by atoms with Crippen LogP contribution in [0.2, 0.25) is 0 Å². The van der Waals surface area contributed by atoms with Crippen molar-refractivity contribution in [2.45, 2.75) is 12.8 Å². The SMILES string of the molecule is CC(C=O)c1ccc(C#N)cc1. The minimum absolute atomic E-state index is 0.0854. The molecule has 0 aliphatic carbocycles. The Balaban J connectivity index is 2.93. The molecule has 2 nitrogen and oxygen atoms in total. The van der Waals surface area contributed by atoms with Crippen molar-refractivity contribution in [1.29, 1.82) is 5.26 Å². The van der Waals surface area contributed by atoms with Gasteiger partial charge in [-0.2, -0.15) is 5.26 Å². The van der Waals surface area contributed by atoms with Gasteiger partial charge in [0.25, 0.3) is 0 Å². The fourth-order valence-electron chi connectivity index (χ4n) is 0.940. The van der Waals surface area contributed by atoms with Crippen LogP contribution in [0.4, 0.5) is 0 Å². The van der Waals surface area contributed by atoms with E-state index in [1.165, 1.54) is 0 Å². The largest absolute Gasteiger partial charge is 0.303 e. The molecule has 0 aliphatic rings. The van der Waals surface area contributed by atoms with Crippen molar-refractivity contribution in [2.24, 2.45) is 0 Å². The number of aldehydes is 1. The monoisotopic (exact) mass is 159 g/mol. The molecule has 0 saturated carbocycles. The van der Waals surface area contributed by atoms with Crippen LogP contribution >= 0.6 is 0 Å². The Labute approximate surface area is 71.4 Å². The van der Waals surface area contributed by atoms with Crippen LogP contribution in [0.3, 0.4) is 0 Å². The summed E-state index contributed by atoms with van der Waals surface area (Å²) in [5.74, 6) is -0.0854. The lowest BCUT2D eigenvalue weighted by Crippen LogP contribution is -1.93. The van der Waals surface area contributed by atoms with E-state index in [0.717, 1.165) is 11.8 Å². The Hall–Kier alpha value is -1.62. The molecule has 0 aromatic heterocycles. The molecule has 1 aromatic rings. The molecule has 1 atom stereocenters. The van der Waals surface area contributed by atoms with Crippen LogP contribution < -0.4 is 0 Å². The van der Waals surface area contributed by atoms with Crippen molar-refractivity contribution in [3.05, 3.63) is 35.4 Å². The second-order valence-electron chi connectivity index (χ2n) is 2.66. The van der Waals surface area contributed by atoms with Crippen molar-refractivity contribution in [3.8, 4) is 6.07 Å². The van der Waals surface area contributed by atoms with E-state index in [0.29, 0.717) is 5.56 Å². The van der Waals surface area contributed by atoms with E-state index in [-0.39, 0.29) is 5.92 Å². The minimum atomic E-state index is -0.0854. The number of hydrogen-bond acceptors (Lipinski definition) is 2. The molecule has 0 heterocycles. The maximum Gasteiger partial charge on any atom is 0.127 e. The average molecular weight is 159 g/mol. The van der Waals surface area contributed by atoms with Gasteiger partial charge in [-0.3, -0.25) is 0 Å². The predicted molar refractivity (Wildman–Crippen MR) is 45.6 cm³/mol. The number of rotatable bonds is 2. The number of carbonyl (C=O) groups is 1. The average Bonchev–Trinajstić information content (AvgIpc) is 2.17. The number of benzene rings is 1. The van der Waals surface area contributed by atoms with Gasteiger partial charge in [0.1, 0.15) is 6.29 Å². The third-order valence-corrected chi connectivity index (χ3v) is 1.77. The second kappa shape index (κ2) is 3.68. The summed E-state index contributed by atoms with van der Waals surface area (Å²) >= 11 is 0. The summed E-state index contributed by atoms with van der Waals surface area (Å²) in [4.78, 5) is 10.4. The Kier molecular flexibility index (Phi) is 2.60. The van der Waals surface area contributed by atoms with Crippen LogP contribution in [0, 0.1) is 11.3 Å². The highest BCUT2D eigenvalue weighted by molar-refractivity contribution is 5.61. The third-order valence-electron chi connectivity index (χ3n) is 1.77. The molecule has 0 spiro atoms. The van der Waals surface area contributed by atoms with Gasteiger partial charge in [-0.25, -0.2) is 0 Å². The Morgan fingerprint density at radius 2 is 2.00 bits per heavy atom. The fourth-order valence-corrected chi connectivity index (χ4v) is 0.940. The standard InChI is InChI=1S/C10H9NO/c1-8(7-12)10-4-2-9(6-11)3-5-10/h2-5,7-8H,1H3. The first-order valence-electron chi connectivity index (χ1n) is 3.73. The zero-order valence-corrected chi connectivity index (χ0v) is 6.82. The van der Waals surface area contributed by atoms with Crippen molar-refractivity contribution >= 4 is 6.29 Å². The van der Waals surface area contributed by atoms with E-state index in [2.05, 4.69) is 0 Å². The lowest BCUT2D eigenvalue weighted by Gasteiger charge is -2.01. The topological polar surface area (TPSA) is 40.9 Å². The molecule has 1 rings (SSSR count). The molecule has 0 saturated heterocycles. The fraction of sp³-hybridized carbons (Fsp3) is 0.200. The van der Waals surface area contributed by atoms with Gasteiger partial charge >= 0.3 is 0 Å². The van der Waals surface area contributed by atoms with Gasteiger partial charge in [0.05, 0.1) is 11.6 Å².